The molecule has 0 saturated heterocycles. The van der Waals surface area contributed by atoms with Crippen molar-refractivity contribution in [3.8, 4) is 0 Å². The Kier molecular flexibility index (Phi) is 4.04. The van der Waals surface area contributed by atoms with E-state index >= 15 is 0 Å². The number of nitrogens with zero attached hydrogens (tertiary/aromatic N) is 3. The third-order valence-electron chi connectivity index (χ3n) is 2.75. The summed E-state index contributed by atoms with van der Waals surface area (Å²) in [7, 11) is 1.57. The zero-order chi connectivity index (χ0) is 14.5. The number of amides is 1. The number of carbonyl (C=O) groups excluding carboxylic acids is 1. The quantitative estimate of drug-likeness (QED) is 0.756. The number of H-pyrrole nitrogens is 2. The molecule has 2 aromatic heterocycles. The van der Waals surface area contributed by atoms with Crippen molar-refractivity contribution in [3.63, 3.8) is 0 Å². The SMILES string of the molecule is CN(CCc1ccncc1)C(=O)c1n[nH]c(=O)[nH]c1=O. The second kappa shape index (κ2) is 5.91. The number of likely N-dealkylation sites (N-methyl/N-ethyl adjacent to an activating group) is 1. The van der Waals surface area contributed by atoms with E-state index in [1.165, 1.54) is 4.90 Å². The third-order valence-corrected chi connectivity index (χ3v) is 2.75. The second-order valence-corrected chi connectivity index (χ2v) is 4.19. The van der Waals surface area contributed by atoms with Crippen LogP contribution in [0.2, 0.25) is 0 Å². The first-order chi connectivity index (χ1) is 9.58. The molecular formula is C12H13N5O3. The van der Waals surface area contributed by atoms with Crippen molar-refractivity contribution < 1.29 is 4.79 Å². The summed E-state index contributed by atoms with van der Waals surface area (Å²) in [5, 5.41) is 5.50. The third kappa shape index (κ3) is 3.16. The first-order valence-electron chi connectivity index (χ1n) is 5.91. The number of hydrogen-bond donors (Lipinski definition) is 2. The van der Waals surface area contributed by atoms with Gasteiger partial charge in [-0.3, -0.25) is 19.6 Å². The predicted molar refractivity (Wildman–Crippen MR) is 70.4 cm³/mol. The van der Waals surface area contributed by atoms with Crippen LogP contribution in [0.3, 0.4) is 0 Å². The van der Waals surface area contributed by atoms with Crippen LogP contribution < -0.4 is 11.2 Å². The zero-order valence-corrected chi connectivity index (χ0v) is 10.8. The van der Waals surface area contributed by atoms with Gasteiger partial charge in [-0.05, 0) is 24.1 Å². The Hall–Kier alpha value is -2.77. The Labute approximate surface area is 113 Å². The van der Waals surface area contributed by atoms with Crippen LogP contribution in [0.25, 0.3) is 0 Å². The Morgan fingerprint density at radius 3 is 2.65 bits per heavy atom. The molecule has 0 aliphatic heterocycles. The molecule has 104 valence electrons. The molecule has 2 rings (SSSR count). The molecule has 2 N–H and O–H groups in total. The summed E-state index contributed by atoms with van der Waals surface area (Å²) < 4.78 is 0. The molecule has 0 unspecified atom stereocenters. The van der Waals surface area contributed by atoms with Crippen molar-refractivity contribution >= 4 is 5.91 Å². The van der Waals surface area contributed by atoms with Gasteiger partial charge < -0.3 is 4.90 Å². The number of nitrogens with one attached hydrogen (secondary N) is 2. The largest absolute Gasteiger partial charge is 0.342 e. The van der Waals surface area contributed by atoms with E-state index in [1.54, 1.807) is 19.4 Å². The van der Waals surface area contributed by atoms with Crippen LogP contribution in [0.5, 0.6) is 0 Å². The molecule has 0 aliphatic carbocycles. The van der Waals surface area contributed by atoms with Gasteiger partial charge in [0.1, 0.15) is 0 Å². The summed E-state index contributed by atoms with van der Waals surface area (Å²) in [4.78, 5) is 41.6. The van der Waals surface area contributed by atoms with Crippen LogP contribution in [0, 0.1) is 0 Å². The van der Waals surface area contributed by atoms with Crippen molar-refractivity contribution in [1.82, 2.24) is 25.1 Å². The number of hydrogen-bond acceptors (Lipinski definition) is 5. The average molecular weight is 275 g/mol. The van der Waals surface area contributed by atoms with Crippen LogP contribution in [-0.2, 0) is 6.42 Å². The highest BCUT2D eigenvalue weighted by Crippen LogP contribution is 2.00. The minimum atomic E-state index is -0.797. The molecule has 0 radical (unpaired) electrons. The Bertz CT molecular complexity index is 707. The molecule has 0 spiro atoms. The van der Waals surface area contributed by atoms with Gasteiger partial charge in [0, 0.05) is 26.0 Å². The average Bonchev–Trinajstić information content (AvgIpc) is 2.45. The molecule has 1 amide bonds. The van der Waals surface area contributed by atoms with Crippen LogP contribution in [-0.4, -0.2) is 44.6 Å². The Morgan fingerprint density at radius 2 is 2.00 bits per heavy atom. The van der Waals surface area contributed by atoms with E-state index in [0.29, 0.717) is 13.0 Å². The van der Waals surface area contributed by atoms with E-state index in [4.69, 9.17) is 0 Å². The maximum Gasteiger partial charge on any atom is 0.342 e. The fourth-order valence-corrected chi connectivity index (χ4v) is 1.62. The number of aromatic nitrogens is 4. The predicted octanol–water partition coefficient (Wildman–Crippen LogP) is -0.832. The first-order valence-corrected chi connectivity index (χ1v) is 5.91. The minimum Gasteiger partial charge on any atom is -0.340 e. The number of rotatable bonds is 4. The maximum atomic E-state index is 12.0. The lowest BCUT2D eigenvalue weighted by Gasteiger charge is -2.15. The van der Waals surface area contributed by atoms with Gasteiger partial charge in [0.05, 0.1) is 0 Å². The van der Waals surface area contributed by atoms with Crippen molar-refractivity contribution in [2.24, 2.45) is 0 Å². The fraction of sp³-hybridized carbons (Fsp3) is 0.250. The summed E-state index contributed by atoms with van der Waals surface area (Å²) >= 11 is 0. The van der Waals surface area contributed by atoms with Crippen LogP contribution in [0.15, 0.2) is 34.1 Å². The summed E-state index contributed by atoms with van der Waals surface area (Å²) in [6.07, 6.45) is 3.97. The molecule has 0 fully saturated rings. The molecule has 0 saturated carbocycles. The van der Waals surface area contributed by atoms with E-state index in [1.807, 2.05) is 22.2 Å². The van der Waals surface area contributed by atoms with Crippen LogP contribution in [0.1, 0.15) is 16.1 Å². The van der Waals surface area contributed by atoms with E-state index in [9.17, 15) is 14.4 Å². The molecule has 0 atom stereocenters. The summed E-state index contributed by atoms with van der Waals surface area (Å²) in [5.41, 5.74) is -0.842. The molecular weight excluding hydrogens is 262 g/mol. The highest BCUT2D eigenvalue weighted by atomic mass is 16.2. The lowest BCUT2D eigenvalue weighted by molar-refractivity contribution is 0.0787. The molecule has 0 bridgehead atoms. The zero-order valence-electron chi connectivity index (χ0n) is 10.8. The smallest absolute Gasteiger partial charge is 0.340 e. The highest BCUT2D eigenvalue weighted by Gasteiger charge is 2.17. The molecule has 2 heterocycles. The molecule has 2 aromatic rings. The molecule has 20 heavy (non-hydrogen) atoms. The molecule has 0 aliphatic rings. The van der Waals surface area contributed by atoms with E-state index in [-0.39, 0.29) is 5.69 Å². The van der Waals surface area contributed by atoms with Crippen molar-refractivity contribution in [1.29, 1.82) is 0 Å². The van der Waals surface area contributed by atoms with Gasteiger partial charge >= 0.3 is 5.69 Å². The van der Waals surface area contributed by atoms with Gasteiger partial charge in [0.2, 0.25) is 5.69 Å². The van der Waals surface area contributed by atoms with E-state index in [2.05, 4.69) is 10.1 Å². The van der Waals surface area contributed by atoms with E-state index < -0.39 is 17.2 Å². The maximum absolute atomic E-state index is 12.0. The van der Waals surface area contributed by atoms with Gasteiger partial charge in [0.25, 0.3) is 11.5 Å². The Morgan fingerprint density at radius 1 is 1.30 bits per heavy atom. The molecule has 8 heteroatoms. The van der Waals surface area contributed by atoms with Crippen LogP contribution in [0.4, 0.5) is 0 Å². The highest BCUT2D eigenvalue weighted by molar-refractivity contribution is 5.91. The first kappa shape index (κ1) is 13.7. The summed E-state index contributed by atoms with van der Waals surface area (Å²) in [5.74, 6) is -0.545. The molecule has 8 nitrogen and oxygen atoms in total. The number of pyridine rings is 1. The lowest BCUT2D eigenvalue weighted by atomic mass is 10.2. The van der Waals surface area contributed by atoms with Crippen molar-refractivity contribution in [3.05, 3.63) is 56.6 Å². The van der Waals surface area contributed by atoms with Gasteiger partial charge in [-0.15, -0.1) is 0 Å². The number of aromatic amines is 2. The van der Waals surface area contributed by atoms with Crippen LogP contribution >= 0.6 is 0 Å². The monoisotopic (exact) mass is 275 g/mol. The van der Waals surface area contributed by atoms with E-state index in [0.717, 1.165) is 5.56 Å². The fourth-order valence-electron chi connectivity index (χ4n) is 1.62. The number of carbonyl (C=O) groups is 1. The minimum absolute atomic E-state index is 0.332. The second-order valence-electron chi connectivity index (χ2n) is 4.19. The normalized spacial score (nSPS) is 10.2. The van der Waals surface area contributed by atoms with Gasteiger partial charge in [-0.2, -0.15) is 5.10 Å². The Balaban J connectivity index is 2.05. The lowest BCUT2D eigenvalue weighted by Crippen LogP contribution is -2.37. The summed E-state index contributed by atoms with van der Waals surface area (Å²) in [6.45, 7) is 0.420. The topological polar surface area (TPSA) is 112 Å². The summed E-state index contributed by atoms with van der Waals surface area (Å²) in [6, 6.07) is 3.70. The standard InChI is InChI=1S/C12H13N5O3/c1-17(7-4-8-2-5-13-6-3-8)11(19)9-10(18)14-12(20)16-15-9/h2-3,5-6H,4,7H2,1H3,(H2,14,16,18,20). The van der Waals surface area contributed by atoms with Gasteiger partial charge in [0.15, 0.2) is 0 Å². The van der Waals surface area contributed by atoms with Crippen molar-refractivity contribution in [2.45, 2.75) is 6.42 Å². The van der Waals surface area contributed by atoms with Crippen molar-refractivity contribution in [2.75, 3.05) is 13.6 Å². The molecule has 0 aromatic carbocycles. The van der Waals surface area contributed by atoms with Gasteiger partial charge in [-0.1, -0.05) is 0 Å². The van der Waals surface area contributed by atoms with Gasteiger partial charge in [-0.25, -0.2) is 9.89 Å².